The van der Waals surface area contributed by atoms with Gasteiger partial charge in [0.25, 0.3) is 11.8 Å². The van der Waals surface area contributed by atoms with Crippen LogP contribution in [0.2, 0.25) is 0 Å². The zero-order chi connectivity index (χ0) is 41.6. The minimum Gasteiger partial charge on any atom is -0.497 e. The quantitative estimate of drug-likeness (QED) is 0.266. The van der Waals surface area contributed by atoms with E-state index in [2.05, 4.69) is 25.3 Å². The highest BCUT2D eigenvalue weighted by atomic mass is 32.2. The summed E-state index contributed by atoms with van der Waals surface area (Å²) in [7, 11) is -0.988. The highest BCUT2D eigenvalue weighted by Gasteiger charge is 2.63. The SMILES string of the molecule is COc1ccc2c(O[C@@H]3C[C@H]4C(=O)NC5(C(=O)NS(=O)(=O)C6(C)CC6)CC5/C=C\CC[C@@H](C)C[C@@H](C)[C@H](NC(=O)c5ccncc5F)C(=O)N4C3)ncc(OC)c2c1. The molecule has 7 atom stereocenters. The van der Waals surface area contributed by atoms with Crippen LogP contribution in [0, 0.1) is 23.6 Å². The molecule has 2 aromatic heterocycles. The highest BCUT2D eigenvalue weighted by Crippen LogP contribution is 2.48. The topological polar surface area (TPSA) is 195 Å². The van der Waals surface area contributed by atoms with Crippen molar-refractivity contribution in [3.05, 3.63) is 66.4 Å². The fourth-order valence-electron chi connectivity index (χ4n) is 8.09. The van der Waals surface area contributed by atoms with E-state index in [-0.39, 0.29) is 36.7 Å². The smallest absolute Gasteiger partial charge is 0.259 e. The predicted octanol–water partition coefficient (Wildman–Crippen LogP) is 3.82. The molecule has 3 aromatic rings. The Morgan fingerprint density at radius 2 is 1.83 bits per heavy atom. The molecule has 2 saturated carbocycles. The lowest BCUT2D eigenvalue weighted by Gasteiger charge is -2.33. The second kappa shape index (κ2) is 15.8. The van der Waals surface area contributed by atoms with Crippen molar-refractivity contribution in [3.8, 4) is 17.4 Å². The Balaban J connectivity index is 1.25. The van der Waals surface area contributed by atoms with Gasteiger partial charge in [-0.05, 0) is 81.5 Å². The van der Waals surface area contributed by atoms with Gasteiger partial charge in [-0.25, -0.2) is 17.8 Å². The van der Waals surface area contributed by atoms with Crippen LogP contribution in [-0.2, 0) is 24.4 Å². The number of rotatable bonds is 9. The van der Waals surface area contributed by atoms with Crippen molar-refractivity contribution in [3.63, 3.8) is 0 Å². The normalized spacial score (nSPS) is 28.8. The number of hydrogen-bond acceptors (Lipinski definition) is 11. The van der Waals surface area contributed by atoms with E-state index in [1.54, 1.807) is 32.2 Å². The van der Waals surface area contributed by atoms with Crippen molar-refractivity contribution < 1.29 is 46.2 Å². The number of nitrogens with zero attached hydrogens (tertiary/aromatic N) is 3. The third-order valence-corrected chi connectivity index (χ3v) is 14.2. The van der Waals surface area contributed by atoms with Crippen LogP contribution in [0.25, 0.3) is 10.8 Å². The molecule has 0 spiro atoms. The lowest BCUT2D eigenvalue weighted by molar-refractivity contribution is -0.142. The fraction of sp³-hybridized carbons (Fsp3) is 0.512. The van der Waals surface area contributed by atoms with Crippen LogP contribution in [0.15, 0.2) is 55.0 Å². The van der Waals surface area contributed by atoms with Crippen molar-refractivity contribution in [1.82, 2.24) is 30.2 Å². The lowest BCUT2D eigenvalue weighted by atomic mass is 9.87. The van der Waals surface area contributed by atoms with E-state index in [1.165, 1.54) is 30.5 Å². The predicted molar refractivity (Wildman–Crippen MR) is 210 cm³/mol. The number of allylic oxidation sites excluding steroid dienone is 1. The maximum Gasteiger partial charge on any atom is 0.259 e. The summed E-state index contributed by atoms with van der Waals surface area (Å²) in [5, 5.41) is 6.87. The molecule has 15 nitrogen and oxygen atoms in total. The molecule has 58 heavy (non-hydrogen) atoms. The number of nitrogens with one attached hydrogen (secondary N) is 3. The second-order valence-corrected chi connectivity index (χ2v) is 18.5. The second-order valence-electron chi connectivity index (χ2n) is 16.3. The summed E-state index contributed by atoms with van der Waals surface area (Å²) in [4.78, 5) is 66.6. The monoisotopic (exact) mass is 820 g/mol. The molecule has 0 bridgehead atoms. The van der Waals surface area contributed by atoms with E-state index in [0.29, 0.717) is 54.4 Å². The van der Waals surface area contributed by atoms with Crippen LogP contribution in [0.3, 0.4) is 0 Å². The van der Waals surface area contributed by atoms with Crippen molar-refractivity contribution in [1.29, 1.82) is 0 Å². The first-order chi connectivity index (χ1) is 27.6. The van der Waals surface area contributed by atoms with Gasteiger partial charge in [0, 0.05) is 29.3 Å². The molecule has 3 fully saturated rings. The molecule has 2 unspecified atom stereocenters. The molecular weight excluding hydrogens is 772 g/mol. The summed E-state index contributed by atoms with van der Waals surface area (Å²) in [6.45, 7) is 5.31. The number of sulfonamides is 1. The number of methoxy groups -OCH3 is 2. The van der Waals surface area contributed by atoms with Gasteiger partial charge in [-0.1, -0.05) is 26.0 Å². The molecule has 2 aliphatic heterocycles. The van der Waals surface area contributed by atoms with Gasteiger partial charge < -0.3 is 29.7 Å². The Hall–Kier alpha value is -5.32. The summed E-state index contributed by atoms with van der Waals surface area (Å²) in [5.74, 6) is -3.45. The van der Waals surface area contributed by atoms with E-state index in [4.69, 9.17) is 14.2 Å². The largest absolute Gasteiger partial charge is 0.497 e. The number of carbonyl (C=O) groups is 4. The number of fused-ring (bicyclic) bond motifs is 3. The molecule has 7 rings (SSSR count). The molecule has 17 heteroatoms. The van der Waals surface area contributed by atoms with Crippen molar-refractivity contribution >= 4 is 44.4 Å². The molecule has 4 aliphatic rings. The molecule has 1 aromatic carbocycles. The number of aromatic nitrogens is 2. The van der Waals surface area contributed by atoms with Gasteiger partial charge in [0.2, 0.25) is 27.7 Å². The van der Waals surface area contributed by atoms with Crippen molar-refractivity contribution in [2.45, 2.75) is 94.2 Å². The van der Waals surface area contributed by atoms with Crippen LogP contribution in [0.4, 0.5) is 4.39 Å². The number of ether oxygens (including phenoxy) is 3. The molecular formula is C41H49FN6O9S. The number of carbonyl (C=O) groups excluding carboxylic acids is 4. The van der Waals surface area contributed by atoms with Crippen LogP contribution < -0.4 is 29.6 Å². The third kappa shape index (κ3) is 7.92. The van der Waals surface area contributed by atoms with Crippen LogP contribution >= 0.6 is 0 Å². The number of halogens is 1. The minimum atomic E-state index is -4.04. The molecule has 1 saturated heterocycles. The molecule has 0 radical (unpaired) electrons. The van der Waals surface area contributed by atoms with E-state index >= 15 is 0 Å². The van der Waals surface area contributed by atoms with Gasteiger partial charge in [-0.2, -0.15) is 0 Å². The molecule has 2 aliphatic carbocycles. The minimum absolute atomic E-state index is 0.0397. The summed E-state index contributed by atoms with van der Waals surface area (Å²) >= 11 is 0. The Labute approximate surface area is 336 Å². The molecule has 310 valence electrons. The number of amides is 4. The maximum atomic E-state index is 14.9. The summed E-state index contributed by atoms with van der Waals surface area (Å²) in [5.41, 5.74) is -1.88. The first kappa shape index (κ1) is 40.9. The average molecular weight is 821 g/mol. The summed E-state index contributed by atoms with van der Waals surface area (Å²) in [6, 6.07) is 4.08. The number of benzene rings is 1. The molecule has 4 heterocycles. The van der Waals surface area contributed by atoms with Crippen molar-refractivity contribution in [2.75, 3.05) is 20.8 Å². The molecule has 3 N–H and O–H groups in total. The van der Waals surface area contributed by atoms with Crippen LogP contribution in [0.5, 0.6) is 17.4 Å². The number of hydrogen-bond donors (Lipinski definition) is 3. The van der Waals surface area contributed by atoms with Gasteiger partial charge in [0.15, 0.2) is 5.82 Å². The highest BCUT2D eigenvalue weighted by molar-refractivity contribution is 7.91. The standard InChI is InChI=1S/C41H49FN6O9S/c1-23-8-6-7-9-25-19-41(25,39(52)47-58(53,54)40(3)13-14-40)46-36(50)32-18-27(57-37-28-11-10-26(55-4)17-30(28)33(56-5)21-44-37)22-48(32)38(51)34(24(2)16-23)45-35(49)29-12-15-43-20-31(29)42/h7,9-12,15,17,20-21,23-25,27,32,34H,6,8,13-14,16,18-19,22H2,1-5H3,(H,45,49)(H,46,50)(H,47,52)/b9-7-/t23-,24-,25?,27-,32+,34+,41?/m1/s1. The zero-order valence-electron chi connectivity index (χ0n) is 33.1. The Morgan fingerprint density at radius 3 is 2.53 bits per heavy atom. The molecule has 4 amide bonds. The first-order valence-electron chi connectivity index (χ1n) is 19.5. The van der Waals surface area contributed by atoms with E-state index in [0.717, 1.165) is 6.20 Å². The van der Waals surface area contributed by atoms with E-state index < -0.39 is 79.8 Å². The average Bonchev–Trinajstić information content (AvgIpc) is 4.08. The van der Waals surface area contributed by atoms with Gasteiger partial charge in [0.1, 0.15) is 35.2 Å². The summed E-state index contributed by atoms with van der Waals surface area (Å²) in [6.07, 6.45) is 9.41. The fourth-order valence-corrected chi connectivity index (χ4v) is 9.40. The van der Waals surface area contributed by atoms with E-state index in [9.17, 15) is 32.0 Å². The Bertz CT molecular complexity index is 2270. The Kier molecular flexibility index (Phi) is 11.1. The van der Waals surface area contributed by atoms with Crippen LogP contribution in [-0.4, -0.2) is 96.2 Å². The number of pyridine rings is 2. The lowest BCUT2D eigenvalue weighted by Crippen LogP contribution is -2.59. The van der Waals surface area contributed by atoms with Gasteiger partial charge >= 0.3 is 0 Å². The van der Waals surface area contributed by atoms with Crippen LogP contribution in [0.1, 0.15) is 76.1 Å². The maximum absolute atomic E-state index is 14.9. The zero-order valence-corrected chi connectivity index (χ0v) is 33.9. The van der Waals surface area contributed by atoms with Gasteiger partial charge in [0.05, 0.1) is 43.5 Å². The third-order valence-electron chi connectivity index (χ3n) is 12.1. The van der Waals surface area contributed by atoms with Gasteiger partial charge in [-0.3, -0.25) is 28.9 Å². The van der Waals surface area contributed by atoms with Crippen molar-refractivity contribution in [2.24, 2.45) is 17.8 Å². The first-order valence-corrected chi connectivity index (χ1v) is 21.0. The Morgan fingerprint density at radius 1 is 1.05 bits per heavy atom. The van der Waals surface area contributed by atoms with Gasteiger partial charge in [-0.15, -0.1) is 0 Å². The summed E-state index contributed by atoms with van der Waals surface area (Å²) < 4.78 is 59.8. The van der Waals surface area contributed by atoms with E-state index in [1.807, 2.05) is 26.0 Å².